The molecule has 2 aromatic rings. The maximum Gasteiger partial charge on any atom is 0.324 e. The maximum atomic E-state index is 12.2. The summed E-state index contributed by atoms with van der Waals surface area (Å²) in [7, 11) is -5.24. The Morgan fingerprint density at radius 3 is 0.918 bits per heavy atom. The largest absolute Gasteiger partial charge is 0.395 e. The fourth-order valence-corrected chi connectivity index (χ4v) is 6.02. The first-order valence-electron chi connectivity index (χ1n) is 17.9. The Morgan fingerprint density at radius 1 is 0.429 bits per heavy atom. The topological polar surface area (TPSA) is 202 Å². The molecule has 0 aliphatic carbocycles. The molecule has 0 aliphatic rings. The standard InChI is InChI=1S/C37H60O4.2H3O3P/c1-3-5-7-9-11-13-15-17-19-32-21-25-34(26-22-32)37(41,36(29-38,30-39)31-40)35-27-23-33(24-28-35)20-18-16-14-12-10-8-6-4-2;2*1-4(2)3/h21-28,38-41H,3-20,29-31H2,1-2H3;2*1-3H. The summed E-state index contributed by atoms with van der Waals surface area (Å²) in [6, 6.07) is 15.7. The van der Waals surface area contributed by atoms with Gasteiger partial charge in [0.2, 0.25) is 0 Å². The Morgan fingerprint density at radius 2 is 0.673 bits per heavy atom. The summed E-state index contributed by atoms with van der Waals surface area (Å²) in [4.78, 5) is 43.4. The quantitative estimate of drug-likeness (QED) is 0.0412. The first-order chi connectivity index (χ1) is 23.5. The zero-order valence-electron chi connectivity index (χ0n) is 29.8. The molecule has 2 aromatic carbocycles. The molecule has 0 aliphatic heterocycles. The molecular weight excluding hydrogens is 666 g/mol. The van der Waals surface area contributed by atoms with E-state index in [-0.39, 0.29) is 0 Å². The van der Waals surface area contributed by atoms with Crippen LogP contribution in [0.5, 0.6) is 0 Å². The Balaban J connectivity index is 0.00000258. The second-order valence-corrected chi connectivity index (χ2v) is 13.9. The normalized spacial score (nSPS) is 11.7. The molecule has 12 heteroatoms. The highest BCUT2D eigenvalue weighted by atomic mass is 31.2. The highest BCUT2D eigenvalue weighted by molar-refractivity contribution is 7.38. The second kappa shape index (κ2) is 29.5. The van der Waals surface area contributed by atoms with Gasteiger partial charge in [-0.25, -0.2) is 0 Å². The third-order valence-corrected chi connectivity index (χ3v) is 9.06. The molecule has 0 unspecified atom stereocenters. The molecule has 0 spiro atoms. The SMILES string of the molecule is CCCCCCCCCCc1ccc(C(O)(c2ccc(CCCCCCCCCC)cc2)C(CO)(CO)CO)cc1.OP(O)O.OP(O)O. The zero-order chi connectivity index (χ0) is 37.0. The lowest BCUT2D eigenvalue weighted by Gasteiger charge is -2.45. The van der Waals surface area contributed by atoms with E-state index in [9.17, 15) is 20.4 Å². The zero-order valence-corrected chi connectivity index (χ0v) is 31.6. The molecular formula is C37H66O10P2. The minimum atomic E-state index is -2.62. The van der Waals surface area contributed by atoms with Crippen LogP contribution in [0.15, 0.2) is 48.5 Å². The van der Waals surface area contributed by atoms with Gasteiger partial charge in [0.05, 0.1) is 25.2 Å². The van der Waals surface area contributed by atoms with Crippen molar-refractivity contribution in [1.29, 1.82) is 0 Å². The summed E-state index contributed by atoms with van der Waals surface area (Å²) in [6.45, 7) is 2.86. The van der Waals surface area contributed by atoms with Gasteiger partial charge in [0.1, 0.15) is 5.60 Å². The molecule has 0 radical (unpaired) electrons. The second-order valence-electron chi connectivity index (χ2n) is 12.8. The fourth-order valence-electron chi connectivity index (χ4n) is 6.02. The van der Waals surface area contributed by atoms with Crippen LogP contribution in [0.2, 0.25) is 0 Å². The van der Waals surface area contributed by atoms with E-state index in [4.69, 9.17) is 29.4 Å². The van der Waals surface area contributed by atoms with Crippen molar-refractivity contribution in [3.8, 4) is 0 Å². The molecule has 0 saturated carbocycles. The fraction of sp³-hybridized carbons (Fsp3) is 0.676. The van der Waals surface area contributed by atoms with Crippen molar-refractivity contribution in [1.82, 2.24) is 0 Å². The lowest BCUT2D eigenvalue weighted by atomic mass is 9.65. The summed E-state index contributed by atoms with van der Waals surface area (Å²) in [6.07, 6.45) is 22.5. The van der Waals surface area contributed by atoms with Gasteiger partial charge >= 0.3 is 17.2 Å². The van der Waals surface area contributed by atoms with E-state index in [0.29, 0.717) is 11.1 Å². The number of hydrogen-bond donors (Lipinski definition) is 10. The first-order valence-corrected chi connectivity index (χ1v) is 20.3. The lowest BCUT2D eigenvalue weighted by molar-refractivity contribution is -0.136. The molecule has 0 atom stereocenters. The summed E-state index contributed by atoms with van der Waals surface area (Å²) in [5.41, 5.74) is 0.316. The number of unbranched alkanes of at least 4 members (excludes halogenated alkanes) is 14. The Kier molecular flexibility index (Phi) is 28.8. The molecule has 284 valence electrons. The lowest BCUT2D eigenvalue weighted by Crippen LogP contribution is -2.54. The van der Waals surface area contributed by atoms with Crippen molar-refractivity contribution >= 4 is 17.2 Å². The highest BCUT2D eigenvalue weighted by Crippen LogP contribution is 2.45. The van der Waals surface area contributed by atoms with Crippen LogP contribution in [0.1, 0.15) is 139 Å². The number of aliphatic hydroxyl groups excluding tert-OH is 3. The van der Waals surface area contributed by atoms with E-state index < -0.39 is 48.0 Å². The maximum absolute atomic E-state index is 12.2. The van der Waals surface area contributed by atoms with Crippen LogP contribution in [0.25, 0.3) is 0 Å². The number of aryl methyl sites for hydroxylation is 2. The summed E-state index contributed by atoms with van der Waals surface area (Å²) >= 11 is 0. The van der Waals surface area contributed by atoms with Gasteiger partial charge in [-0.3, -0.25) is 0 Å². The molecule has 10 nitrogen and oxygen atoms in total. The third-order valence-electron chi connectivity index (χ3n) is 9.06. The van der Waals surface area contributed by atoms with E-state index >= 15 is 0 Å². The van der Waals surface area contributed by atoms with Gasteiger partial charge in [-0.2, -0.15) is 0 Å². The molecule has 0 aromatic heterocycles. The van der Waals surface area contributed by atoms with E-state index in [1.807, 2.05) is 48.5 Å². The monoisotopic (exact) mass is 732 g/mol. The van der Waals surface area contributed by atoms with Crippen molar-refractivity contribution in [2.75, 3.05) is 19.8 Å². The highest BCUT2D eigenvalue weighted by Gasteiger charge is 2.52. The number of rotatable bonds is 24. The Labute approximate surface area is 297 Å². The van der Waals surface area contributed by atoms with Crippen molar-refractivity contribution in [3.05, 3.63) is 70.8 Å². The average molecular weight is 733 g/mol. The van der Waals surface area contributed by atoms with Gasteiger partial charge in [0, 0.05) is 0 Å². The van der Waals surface area contributed by atoms with Crippen molar-refractivity contribution < 1.29 is 49.8 Å². The van der Waals surface area contributed by atoms with E-state index in [1.54, 1.807) is 0 Å². The molecule has 0 heterocycles. The van der Waals surface area contributed by atoms with Crippen LogP contribution in [-0.2, 0) is 18.4 Å². The smallest absolute Gasteiger partial charge is 0.324 e. The minimum Gasteiger partial charge on any atom is -0.395 e. The van der Waals surface area contributed by atoms with E-state index in [0.717, 1.165) is 25.7 Å². The first kappa shape index (κ1) is 47.9. The predicted molar refractivity (Wildman–Crippen MR) is 199 cm³/mol. The van der Waals surface area contributed by atoms with Gasteiger partial charge in [0.25, 0.3) is 0 Å². The van der Waals surface area contributed by atoms with Gasteiger partial charge in [-0.05, 0) is 47.9 Å². The van der Waals surface area contributed by atoms with Crippen LogP contribution in [0.3, 0.4) is 0 Å². The van der Waals surface area contributed by atoms with Gasteiger partial charge < -0.3 is 49.8 Å². The van der Waals surface area contributed by atoms with Crippen molar-refractivity contribution in [3.63, 3.8) is 0 Å². The van der Waals surface area contributed by atoms with Crippen LogP contribution < -0.4 is 0 Å². The van der Waals surface area contributed by atoms with Crippen LogP contribution in [0.4, 0.5) is 0 Å². The number of hydrogen-bond acceptors (Lipinski definition) is 10. The van der Waals surface area contributed by atoms with Crippen molar-refractivity contribution in [2.45, 2.75) is 135 Å². The molecule has 0 amide bonds. The van der Waals surface area contributed by atoms with Gasteiger partial charge in [-0.1, -0.05) is 152 Å². The average Bonchev–Trinajstić information content (AvgIpc) is 3.08. The molecule has 10 N–H and O–H groups in total. The summed E-state index contributed by atoms with van der Waals surface area (Å²) < 4.78 is 0. The number of benzene rings is 2. The third kappa shape index (κ3) is 19.9. The van der Waals surface area contributed by atoms with E-state index in [1.165, 1.54) is 101 Å². The number of aliphatic hydroxyl groups is 4. The van der Waals surface area contributed by atoms with Gasteiger partial charge in [-0.15, -0.1) is 0 Å². The summed E-state index contributed by atoms with van der Waals surface area (Å²) in [5, 5.41) is 43.2. The predicted octanol–water partition coefficient (Wildman–Crippen LogP) is 6.63. The molecule has 0 fully saturated rings. The van der Waals surface area contributed by atoms with Crippen molar-refractivity contribution in [2.24, 2.45) is 5.41 Å². The summed E-state index contributed by atoms with van der Waals surface area (Å²) in [5.74, 6) is 0. The molecule has 49 heavy (non-hydrogen) atoms. The van der Waals surface area contributed by atoms with Crippen LogP contribution in [0, 0.1) is 5.41 Å². The van der Waals surface area contributed by atoms with Gasteiger partial charge in [0.15, 0.2) is 0 Å². The van der Waals surface area contributed by atoms with Crippen LogP contribution >= 0.6 is 17.2 Å². The van der Waals surface area contributed by atoms with E-state index in [2.05, 4.69) is 13.8 Å². The minimum absolute atomic E-state index is 0.545. The Hall–Kier alpha value is -1.10. The van der Waals surface area contributed by atoms with Crippen LogP contribution in [-0.4, -0.2) is 69.6 Å². The molecule has 2 rings (SSSR count). The Bertz CT molecular complexity index is 936. The molecule has 0 bridgehead atoms. The molecule has 0 saturated heterocycles.